The summed E-state index contributed by atoms with van der Waals surface area (Å²) in [7, 11) is 0. The summed E-state index contributed by atoms with van der Waals surface area (Å²) in [6, 6.07) is 6.51. The zero-order valence-corrected chi connectivity index (χ0v) is 9.99. The number of carboxylic acids is 1. The Hall–Kier alpha value is -2.94. The van der Waals surface area contributed by atoms with Gasteiger partial charge in [0, 0.05) is 18.0 Å². The first-order chi connectivity index (χ1) is 9.13. The lowest BCUT2D eigenvalue weighted by Crippen LogP contribution is -2.02. The van der Waals surface area contributed by atoms with E-state index < -0.39 is 5.97 Å². The van der Waals surface area contributed by atoms with Crippen LogP contribution in [0.4, 0.5) is 0 Å². The molecule has 0 saturated heterocycles. The molecule has 19 heavy (non-hydrogen) atoms. The van der Waals surface area contributed by atoms with E-state index in [4.69, 9.17) is 15.1 Å². The van der Waals surface area contributed by atoms with E-state index in [9.17, 15) is 4.79 Å². The Labute approximate surface area is 108 Å². The zero-order chi connectivity index (χ0) is 13.8. The smallest absolute Gasteiger partial charge is 0.336 e. The first-order valence-electron chi connectivity index (χ1n) is 5.35. The molecular formula is C13H9N3O3. The van der Waals surface area contributed by atoms with Crippen molar-refractivity contribution < 1.29 is 14.6 Å². The van der Waals surface area contributed by atoms with Crippen LogP contribution >= 0.6 is 0 Å². The predicted molar refractivity (Wildman–Crippen MR) is 65.0 cm³/mol. The number of carbonyl (C=O) groups is 1. The number of aromatic nitrogens is 2. The molecule has 0 amide bonds. The monoisotopic (exact) mass is 255 g/mol. The van der Waals surface area contributed by atoms with E-state index in [1.807, 2.05) is 6.07 Å². The summed E-state index contributed by atoms with van der Waals surface area (Å²) in [6.45, 7) is 1.63. The normalized spacial score (nSPS) is 9.68. The zero-order valence-electron chi connectivity index (χ0n) is 9.99. The van der Waals surface area contributed by atoms with Crippen molar-refractivity contribution in [3.63, 3.8) is 0 Å². The Morgan fingerprint density at radius 3 is 2.79 bits per heavy atom. The fourth-order valence-electron chi connectivity index (χ4n) is 1.54. The molecule has 0 bridgehead atoms. The SMILES string of the molecule is Cc1c(Oc2nccnc2C#N)cccc1C(=O)O. The molecule has 0 spiro atoms. The number of hydrogen-bond acceptors (Lipinski definition) is 5. The minimum Gasteiger partial charge on any atom is -0.478 e. The maximum Gasteiger partial charge on any atom is 0.336 e. The van der Waals surface area contributed by atoms with Crippen LogP contribution in [0.5, 0.6) is 11.6 Å². The Morgan fingerprint density at radius 2 is 2.11 bits per heavy atom. The van der Waals surface area contributed by atoms with Crippen LogP contribution in [0.15, 0.2) is 30.6 Å². The molecule has 0 radical (unpaired) electrons. The number of benzene rings is 1. The number of nitrogens with zero attached hydrogens (tertiary/aromatic N) is 3. The lowest BCUT2D eigenvalue weighted by molar-refractivity contribution is 0.0695. The summed E-state index contributed by atoms with van der Waals surface area (Å²) >= 11 is 0. The number of carboxylic acid groups (broad SMARTS) is 1. The van der Waals surface area contributed by atoms with E-state index in [0.29, 0.717) is 11.3 Å². The van der Waals surface area contributed by atoms with Crippen molar-refractivity contribution in [2.45, 2.75) is 6.92 Å². The lowest BCUT2D eigenvalue weighted by Gasteiger charge is -2.09. The number of rotatable bonds is 3. The topological polar surface area (TPSA) is 96.1 Å². The highest BCUT2D eigenvalue weighted by Gasteiger charge is 2.13. The average Bonchev–Trinajstić information content (AvgIpc) is 2.41. The highest BCUT2D eigenvalue weighted by Crippen LogP contribution is 2.27. The summed E-state index contributed by atoms with van der Waals surface area (Å²) in [5.41, 5.74) is 0.645. The number of ether oxygens (including phenoxy) is 1. The van der Waals surface area contributed by atoms with Crippen LogP contribution in [0.25, 0.3) is 0 Å². The largest absolute Gasteiger partial charge is 0.478 e. The second kappa shape index (κ2) is 5.14. The van der Waals surface area contributed by atoms with Crippen LogP contribution < -0.4 is 4.74 Å². The van der Waals surface area contributed by atoms with Crippen LogP contribution in [0, 0.1) is 18.3 Å². The van der Waals surface area contributed by atoms with Crippen molar-refractivity contribution in [3.8, 4) is 17.7 Å². The quantitative estimate of drug-likeness (QED) is 0.902. The molecular weight excluding hydrogens is 246 g/mol. The van der Waals surface area contributed by atoms with Crippen LogP contribution in [-0.2, 0) is 0 Å². The van der Waals surface area contributed by atoms with Crippen molar-refractivity contribution in [3.05, 3.63) is 47.4 Å². The Kier molecular flexibility index (Phi) is 3.39. The average molecular weight is 255 g/mol. The van der Waals surface area contributed by atoms with Gasteiger partial charge in [-0.15, -0.1) is 0 Å². The van der Waals surface area contributed by atoms with E-state index in [0.717, 1.165) is 0 Å². The van der Waals surface area contributed by atoms with E-state index in [1.54, 1.807) is 19.1 Å². The number of hydrogen-bond donors (Lipinski definition) is 1. The van der Waals surface area contributed by atoms with Crippen LogP contribution in [0.3, 0.4) is 0 Å². The molecule has 0 aliphatic carbocycles. The second-order valence-electron chi connectivity index (χ2n) is 3.66. The maximum atomic E-state index is 11.0. The molecule has 0 unspecified atom stereocenters. The molecule has 1 aromatic carbocycles. The lowest BCUT2D eigenvalue weighted by atomic mass is 10.1. The van der Waals surface area contributed by atoms with Gasteiger partial charge < -0.3 is 9.84 Å². The van der Waals surface area contributed by atoms with Crippen molar-refractivity contribution >= 4 is 5.97 Å². The molecule has 0 aliphatic rings. The van der Waals surface area contributed by atoms with E-state index in [-0.39, 0.29) is 17.1 Å². The van der Waals surface area contributed by atoms with Gasteiger partial charge in [0.1, 0.15) is 11.8 Å². The molecule has 0 atom stereocenters. The third kappa shape index (κ3) is 2.50. The Balaban J connectivity index is 2.42. The van der Waals surface area contributed by atoms with Crippen molar-refractivity contribution in [1.29, 1.82) is 5.26 Å². The molecule has 1 N–H and O–H groups in total. The molecule has 0 saturated carbocycles. The number of aromatic carboxylic acids is 1. The standard InChI is InChI=1S/C13H9N3O3/c1-8-9(13(17)18)3-2-4-11(8)19-12-10(7-14)15-5-6-16-12/h2-6H,1H3,(H,17,18). The van der Waals surface area contributed by atoms with Gasteiger partial charge in [-0.25, -0.2) is 14.8 Å². The van der Waals surface area contributed by atoms with Gasteiger partial charge >= 0.3 is 5.97 Å². The molecule has 0 fully saturated rings. The van der Waals surface area contributed by atoms with Crippen molar-refractivity contribution in [2.24, 2.45) is 0 Å². The highest BCUT2D eigenvalue weighted by molar-refractivity contribution is 5.90. The van der Waals surface area contributed by atoms with Gasteiger partial charge in [-0.1, -0.05) is 6.07 Å². The summed E-state index contributed by atoms with van der Waals surface area (Å²) < 4.78 is 5.46. The number of nitriles is 1. The molecule has 94 valence electrons. The van der Waals surface area contributed by atoms with Gasteiger partial charge in [0.2, 0.25) is 5.69 Å². The van der Waals surface area contributed by atoms with Crippen LogP contribution in [0.1, 0.15) is 21.6 Å². The second-order valence-corrected chi connectivity index (χ2v) is 3.66. The first-order valence-corrected chi connectivity index (χ1v) is 5.35. The van der Waals surface area contributed by atoms with Gasteiger partial charge in [-0.05, 0) is 19.1 Å². The summed E-state index contributed by atoms with van der Waals surface area (Å²) in [5.74, 6) is -0.657. The minimum atomic E-state index is -1.04. The van der Waals surface area contributed by atoms with Crippen molar-refractivity contribution in [1.82, 2.24) is 9.97 Å². The first kappa shape index (κ1) is 12.5. The fourth-order valence-corrected chi connectivity index (χ4v) is 1.54. The molecule has 1 aromatic heterocycles. The Morgan fingerprint density at radius 1 is 1.37 bits per heavy atom. The molecule has 2 aromatic rings. The summed E-state index contributed by atoms with van der Waals surface area (Å²) in [4.78, 5) is 18.7. The molecule has 6 nitrogen and oxygen atoms in total. The highest BCUT2D eigenvalue weighted by atomic mass is 16.5. The maximum absolute atomic E-state index is 11.0. The van der Waals surface area contributed by atoms with E-state index in [2.05, 4.69) is 9.97 Å². The van der Waals surface area contributed by atoms with Crippen LogP contribution in [0.2, 0.25) is 0 Å². The van der Waals surface area contributed by atoms with E-state index in [1.165, 1.54) is 18.5 Å². The van der Waals surface area contributed by atoms with Gasteiger partial charge in [-0.2, -0.15) is 5.26 Å². The third-order valence-corrected chi connectivity index (χ3v) is 2.49. The predicted octanol–water partition coefficient (Wildman–Crippen LogP) is 2.15. The summed E-state index contributed by atoms with van der Waals surface area (Å²) in [5, 5.41) is 17.9. The van der Waals surface area contributed by atoms with Gasteiger partial charge in [-0.3, -0.25) is 0 Å². The van der Waals surface area contributed by atoms with Gasteiger partial charge in [0.05, 0.1) is 5.56 Å². The minimum absolute atomic E-state index is 0.0441. The third-order valence-electron chi connectivity index (χ3n) is 2.49. The molecule has 2 rings (SSSR count). The molecule has 1 heterocycles. The van der Waals surface area contributed by atoms with Crippen LogP contribution in [-0.4, -0.2) is 21.0 Å². The fraction of sp³-hybridized carbons (Fsp3) is 0.0769. The Bertz CT molecular complexity index is 677. The van der Waals surface area contributed by atoms with Crippen molar-refractivity contribution in [2.75, 3.05) is 0 Å². The van der Waals surface area contributed by atoms with Gasteiger partial charge in [0.25, 0.3) is 5.88 Å². The summed E-state index contributed by atoms with van der Waals surface area (Å²) in [6.07, 6.45) is 2.78. The van der Waals surface area contributed by atoms with Gasteiger partial charge in [0.15, 0.2) is 0 Å². The molecule has 6 heteroatoms. The van der Waals surface area contributed by atoms with E-state index >= 15 is 0 Å². The molecule has 0 aliphatic heterocycles.